The van der Waals surface area contributed by atoms with Crippen molar-refractivity contribution in [2.75, 3.05) is 18.0 Å². The number of primary amides is 1. The Morgan fingerprint density at radius 1 is 1.08 bits per heavy atom. The zero-order valence-corrected chi connectivity index (χ0v) is 15.0. The quantitative estimate of drug-likeness (QED) is 0.902. The topological polar surface area (TPSA) is 72.6 Å². The molecule has 1 heterocycles. The summed E-state index contributed by atoms with van der Waals surface area (Å²) < 4.78 is 5.73. The fourth-order valence-corrected chi connectivity index (χ4v) is 6.40. The second kappa shape index (κ2) is 5.73. The lowest BCUT2D eigenvalue weighted by Gasteiger charge is -2.56. The summed E-state index contributed by atoms with van der Waals surface area (Å²) in [5, 5.41) is 0. The van der Waals surface area contributed by atoms with Crippen LogP contribution in [-0.2, 0) is 9.59 Å². The third-order valence-electron chi connectivity index (χ3n) is 7.14. The van der Waals surface area contributed by atoms with Crippen molar-refractivity contribution >= 4 is 17.4 Å². The Labute approximate surface area is 153 Å². The maximum Gasteiger partial charge on any atom is 0.260 e. The lowest BCUT2D eigenvalue weighted by Crippen LogP contribution is -2.54. The fraction of sp³-hybridized carbons (Fsp3) is 0.619. The smallest absolute Gasteiger partial charge is 0.260 e. The van der Waals surface area contributed by atoms with Crippen LogP contribution in [0.4, 0.5) is 5.69 Å². The van der Waals surface area contributed by atoms with Crippen molar-refractivity contribution in [1.82, 2.24) is 0 Å². The van der Waals surface area contributed by atoms with Crippen LogP contribution < -0.4 is 15.4 Å². The molecule has 1 atom stereocenters. The number of Topliss-reactive ketones (excluding diaryl/α,β-unsaturated/α-hetero) is 1. The maximum atomic E-state index is 13.5. The number of para-hydroxylation sites is 2. The van der Waals surface area contributed by atoms with Crippen molar-refractivity contribution in [3.63, 3.8) is 0 Å². The first-order valence-electron chi connectivity index (χ1n) is 9.86. The van der Waals surface area contributed by atoms with Gasteiger partial charge in [-0.1, -0.05) is 12.1 Å². The highest BCUT2D eigenvalue weighted by Crippen LogP contribution is 2.60. The van der Waals surface area contributed by atoms with Crippen molar-refractivity contribution in [2.45, 2.75) is 44.6 Å². The molecule has 5 nitrogen and oxygen atoms in total. The largest absolute Gasteiger partial charge is 0.477 e. The lowest BCUT2D eigenvalue weighted by molar-refractivity contribution is -0.142. The van der Waals surface area contributed by atoms with E-state index in [1.54, 1.807) is 0 Å². The maximum absolute atomic E-state index is 13.5. The summed E-state index contributed by atoms with van der Waals surface area (Å²) in [5.41, 5.74) is 6.26. The van der Waals surface area contributed by atoms with Gasteiger partial charge < -0.3 is 15.4 Å². The van der Waals surface area contributed by atoms with E-state index in [4.69, 9.17) is 10.5 Å². The van der Waals surface area contributed by atoms with Gasteiger partial charge in [-0.25, -0.2) is 0 Å². The molecule has 4 saturated carbocycles. The Morgan fingerprint density at radius 3 is 2.31 bits per heavy atom. The fourth-order valence-electron chi connectivity index (χ4n) is 6.40. The summed E-state index contributed by atoms with van der Waals surface area (Å²) in [6.45, 7) is 0.709. The third-order valence-corrected chi connectivity index (χ3v) is 7.14. The molecule has 1 aromatic carbocycles. The molecule has 0 saturated heterocycles. The molecule has 4 fully saturated rings. The highest BCUT2D eigenvalue weighted by atomic mass is 16.5. The van der Waals surface area contributed by atoms with Gasteiger partial charge in [-0.15, -0.1) is 0 Å². The number of carbonyl (C=O) groups is 2. The van der Waals surface area contributed by atoms with Crippen LogP contribution in [0.2, 0.25) is 0 Å². The van der Waals surface area contributed by atoms with Crippen LogP contribution in [0, 0.1) is 23.2 Å². The number of fused-ring (bicyclic) bond motifs is 1. The Morgan fingerprint density at radius 2 is 1.69 bits per heavy atom. The van der Waals surface area contributed by atoms with E-state index in [2.05, 4.69) is 0 Å². The molecule has 6 rings (SSSR count). The molecule has 0 aromatic heterocycles. The molecule has 1 aromatic rings. The van der Waals surface area contributed by atoms with Crippen molar-refractivity contribution in [2.24, 2.45) is 28.9 Å². The van der Waals surface area contributed by atoms with E-state index in [0.717, 1.165) is 42.7 Å². The van der Waals surface area contributed by atoms with Gasteiger partial charge in [0.05, 0.1) is 18.8 Å². The molecule has 4 bridgehead atoms. The Balaban J connectivity index is 1.40. The second-order valence-electron chi connectivity index (χ2n) is 8.98. The van der Waals surface area contributed by atoms with Gasteiger partial charge in [-0.3, -0.25) is 9.59 Å². The van der Waals surface area contributed by atoms with Crippen LogP contribution in [0.3, 0.4) is 0 Å². The Kier molecular flexibility index (Phi) is 3.56. The van der Waals surface area contributed by atoms with Gasteiger partial charge in [0.15, 0.2) is 11.9 Å². The third kappa shape index (κ3) is 2.51. The van der Waals surface area contributed by atoms with Crippen LogP contribution in [0.25, 0.3) is 0 Å². The van der Waals surface area contributed by atoms with Gasteiger partial charge in [-0.2, -0.15) is 0 Å². The normalized spacial score (nSPS) is 37.2. The molecule has 5 heteroatoms. The van der Waals surface area contributed by atoms with Crippen LogP contribution in [0.15, 0.2) is 24.3 Å². The molecule has 1 amide bonds. The predicted molar refractivity (Wildman–Crippen MR) is 97.9 cm³/mol. The lowest BCUT2D eigenvalue weighted by atomic mass is 9.48. The number of hydrogen-bond acceptors (Lipinski definition) is 4. The number of nitrogens with two attached hydrogens (primary N) is 1. The first-order valence-corrected chi connectivity index (χ1v) is 9.86. The van der Waals surface area contributed by atoms with Crippen molar-refractivity contribution in [1.29, 1.82) is 0 Å². The minimum absolute atomic E-state index is 0.121. The molecule has 26 heavy (non-hydrogen) atoms. The standard InChI is InChI=1S/C21H26N2O3/c22-20(25)18-11-23(16-3-1-2-4-17(16)26-18)12-19(24)21-8-13-5-14(9-21)7-15(6-13)10-21/h1-4,13-15,18H,5-12H2,(H2,22,25). The average Bonchev–Trinajstić information content (AvgIpc) is 2.60. The molecule has 138 valence electrons. The van der Waals surface area contributed by atoms with E-state index < -0.39 is 12.0 Å². The number of nitrogens with zero attached hydrogens (tertiary/aromatic N) is 1. The van der Waals surface area contributed by atoms with Crippen LogP contribution in [0.5, 0.6) is 5.75 Å². The molecular weight excluding hydrogens is 328 g/mol. The first-order chi connectivity index (χ1) is 12.5. The summed E-state index contributed by atoms with van der Waals surface area (Å²) in [7, 11) is 0. The monoisotopic (exact) mass is 354 g/mol. The number of carbonyl (C=O) groups excluding carboxylic acids is 2. The van der Waals surface area contributed by atoms with Gasteiger partial charge in [0, 0.05) is 5.41 Å². The summed E-state index contributed by atoms with van der Waals surface area (Å²) in [5.74, 6) is 2.77. The molecule has 0 spiro atoms. The van der Waals surface area contributed by atoms with Crippen LogP contribution in [-0.4, -0.2) is 30.9 Å². The summed E-state index contributed by atoms with van der Waals surface area (Å²) in [6.07, 6.45) is 6.51. The van der Waals surface area contributed by atoms with Crippen LogP contribution in [0.1, 0.15) is 38.5 Å². The van der Waals surface area contributed by atoms with Gasteiger partial charge in [0.25, 0.3) is 5.91 Å². The SMILES string of the molecule is NC(=O)C1CN(CC(=O)C23CC4CC(CC(C4)C2)C3)c2ccccc2O1. The average molecular weight is 354 g/mol. The minimum Gasteiger partial charge on any atom is -0.477 e. The van der Waals surface area contributed by atoms with E-state index in [1.165, 1.54) is 19.3 Å². The van der Waals surface area contributed by atoms with Gasteiger partial charge in [0.2, 0.25) is 0 Å². The Bertz CT molecular complexity index is 724. The molecule has 5 aliphatic rings. The highest BCUT2D eigenvalue weighted by molar-refractivity contribution is 5.91. The molecule has 1 aliphatic heterocycles. The number of ketones is 1. The molecule has 4 aliphatic carbocycles. The summed E-state index contributed by atoms with van der Waals surface area (Å²) in [4.78, 5) is 27.2. The van der Waals surface area contributed by atoms with Gasteiger partial charge in [-0.05, 0) is 68.4 Å². The number of hydrogen-bond donors (Lipinski definition) is 1. The van der Waals surface area contributed by atoms with Gasteiger partial charge >= 0.3 is 0 Å². The number of amides is 1. The van der Waals surface area contributed by atoms with Crippen molar-refractivity contribution in [3.8, 4) is 5.75 Å². The second-order valence-corrected chi connectivity index (χ2v) is 8.98. The molecule has 0 radical (unpaired) electrons. The Hall–Kier alpha value is -2.04. The number of ether oxygens (including phenoxy) is 1. The summed E-state index contributed by atoms with van der Waals surface area (Å²) >= 11 is 0. The van der Waals surface area contributed by atoms with E-state index in [0.29, 0.717) is 24.6 Å². The van der Waals surface area contributed by atoms with E-state index in [1.807, 2.05) is 29.2 Å². The summed E-state index contributed by atoms with van der Waals surface area (Å²) in [6, 6.07) is 7.61. The van der Waals surface area contributed by atoms with E-state index in [-0.39, 0.29) is 5.41 Å². The number of rotatable bonds is 4. The highest BCUT2D eigenvalue weighted by Gasteiger charge is 2.54. The molecular formula is C21H26N2O3. The van der Waals surface area contributed by atoms with E-state index in [9.17, 15) is 9.59 Å². The van der Waals surface area contributed by atoms with Crippen molar-refractivity contribution < 1.29 is 14.3 Å². The number of anilines is 1. The van der Waals surface area contributed by atoms with E-state index >= 15 is 0 Å². The predicted octanol–water partition coefficient (Wildman–Crippen LogP) is 2.52. The first kappa shape index (κ1) is 16.2. The zero-order valence-electron chi connectivity index (χ0n) is 15.0. The molecule has 2 N–H and O–H groups in total. The minimum atomic E-state index is -0.700. The zero-order chi connectivity index (χ0) is 17.9. The molecule has 1 unspecified atom stereocenters. The number of benzene rings is 1. The van der Waals surface area contributed by atoms with Gasteiger partial charge in [0.1, 0.15) is 5.75 Å². The van der Waals surface area contributed by atoms with Crippen molar-refractivity contribution in [3.05, 3.63) is 24.3 Å². The van der Waals surface area contributed by atoms with Crippen LogP contribution >= 0.6 is 0 Å².